The number of fused-ring (bicyclic) bond motifs is 1. The number of nitrogens with zero attached hydrogens (tertiary/aromatic N) is 3. The number of pyridine rings is 1. The van der Waals surface area contributed by atoms with Crippen LogP contribution in [0, 0.1) is 0 Å². The number of aromatic nitrogens is 3. The van der Waals surface area contributed by atoms with Gasteiger partial charge in [-0.3, -0.25) is 4.98 Å². The Balaban J connectivity index is 1.67. The summed E-state index contributed by atoms with van der Waals surface area (Å²) in [5.41, 5.74) is 3.32. The van der Waals surface area contributed by atoms with Crippen molar-refractivity contribution in [3.63, 3.8) is 0 Å². The van der Waals surface area contributed by atoms with Crippen LogP contribution in [-0.4, -0.2) is 14.5 Å². The van der Waals surface area contributed by atoms with Gasteiger partial charge >= 0.3 is 0 Å². The molecule has 1 fully saturated rings. The minimum Gasteiger partial charge on any atom is -0.378 e. The lowest BCUT2D eigenvalue weighted by Gasteiger charge is -2.09. The highest BCUT2D eigenvalue weighted by Crippen LogP contribution is 2.38. The quantitative estimate of drug-likeness (QED) is 0.785. The Morgan fingerprint density at radius 3 is 2.80 bits per heavy atom. The van der Waals surface area contributed by atoms with E-state index in [1.165, 1.54) is 18.4 Å². The van der Waals surface area contributed by atoms with Gasteiger partial charge in [-0.25, -0.2) is 4.98 Å². The van der Waals surface area contributed by atoms with Crippen molar-refractivity contribution in [1.82, 2.24) is 14.5 Å². The zero-order valence-electron chi connectivity index (χ0n) is 11.2. The minimum absolute atomic E-state index is 0.620. The summed E-state index contributed by atoms with van der Waals surface area (Å²) in [7, 11) is 0. The average Bonchev–Trinajstić information content (AvgIpc) is 3.27. The van der Waals surface area contributed by atoms with Gasteiger partial charge in [0.05, 0.1) is 18.3 Å². The predicted molar refractivity (Wildman–Crippen MR) is 79.6 cm³/mol. The molecule has 0 aliphatic heterocycles. The normalized spacial score (nSPS) is 14.6. The van der Waals surface area contributed by atoms with Gasteiger partial charge in [-0.05, 0) is 31.0 Å². The van der Waals surface area contributed by atoms with Crippen molar-refractivity contribution in [2.24, 2.45) is 0 Å². The van der Waals surface area contributed by atoms with E-state index in [1.54, 1.807) is 0 Å². The van der Waals surface area contributed by atoms with Crippen LogP contribution in [0.15, 0.2) is 48.8 Å². The van der Waals surface area contributed by atoms with Gasteiger partial charge in [-0.2, -0.15) is 0 Å². The lowest BCUT2D eigenvalue weighted by Crippen LogP contribution is -2.07. The lowest BCUT2D eigenvalue weighted by molar-refractivity contribution is 0.711. The molecule has 0 spiro atoms. The molecule has 1 aromatic carbocycles. The monoisotopic (exact) mass is 264 g/mol. The first-order chi connectivity index (χ1) is 9.92. The fourth-order valence-electron chi connectivity index (χ4n) is 2.60. The number of rotatable bonds is 4. The maximum Gasteiger partial charge on any atom is 0.129 e. The van der Waals surface area contributed by atoms with Crippen LogP contribution in [0.2, 0.25) is 0 Å². The second kappa shape index (κ2) is 4.63. The zero-order valence-corrected chi connectivity index (χ0v) is 11.2. The highest BCUT2D eigenvalue weighted by molar-refractivity contribution is 5.75. The summed E-state index contributed by atoms with van der Waals surface area (Å²) < 4.78 is 2.37. The van der Waals surface area contributed by atoms with Crippen LogP contribution in [0.4, 0.5) is 5.69 Å². The van der Waals surface area contributed by atoms with E-state index in [9.17, 15) is 0 Å². The van der Waals surface area contributed by atoms with E-state index in [-0.39, 0.29) is 0 Å². The summed E-state index contributed by atoms with van der Waals surface area (Å²) in [4.78, 5) is 8.90. The zero-order chi connectivity index (χ0) is 13.4. The Morgan fingerprint density at radius 2 is 2.00 bits per heavy atom. The molecular weight excluding hydrogens is 248 g/mol. The highest BCUT2D eigenvalue weighted by atomic mass is 15.2. The summed E-state index contributed by atoms with van der Waals surface area (Å²) in [5, 5.41) is 3.44. The van der Waals surface area contributed by atoms with Crippen LogP contribution in [0.1, 0.15) is 24.7 Å². The molecule has 0 atom stereocenters. The summed E-state index contributed by atoms with van der Waals surface area (Å²) >= 11 is 0. The van der Waals surface area contributed by atoms with Crippen molar-refractivity contribution in [3.05, 3.63) is 54.6 Å². The molecule has 0 radical (unpaired) electrons. The van der Waals surface area contributed by atoms with Gasteiger partial charge in [-0.15, -0.1) is 0 Å². The molecule has 4 rings (SSSR count). The molecular formula is C16H16N4. The summed E-state index contributed by atoms with van der Waals surface area (Å²) in [6.45, 7) is 0.745. The third-order valence-electron chi connectivity index (χ3n) is 3.70. The van der Waals surface area contributed by atoms with Crippen molar-refractivity contribution < 1.29 is 0 Å². The molecule has 2 heterocycles. The Kier molecular flexibility index (Phi) is 2.66. The minimum atomic E-state index is 0.620. The number of nitrogens with one attached hydrogen (secondary N) is 1. The van der Waals surface area contributed by atoms with Gasteiger partial charge in [0.2, 0.25) is 0 Å². The molecule has 2 aromatic heterocycles. The highest BCUT2D eigenvalue weighted by Gasteiger charge is 2.27. The smallest absolute Gasteiger partial charge is 0.129 e. The molecule has 0 unspecified atom stereocenters. The van der Waals surface area contributed by atoms with Crippen molar-refractivity contribution in [1.29, 1.82) is 0 Å². The number of benzene rings is 1. The molecule has 1 aliphatic rings. The van der Waals surface area contributed by atoms with Crippen LogP contribution < -0.4 is 5.32 Å². The van der Waals surface area contributed by atoms with Crippen molar-refractivity contribution in [2.45, 2.75) is 25.4 Å². The average molecular weight is 264 g/mol. The fourth-order valence-corrected chi connectivity index (χ4v) is 2.60. The third-order valence-corrected chi connectivity index (χ3v) is 3.70. The molecule has 20 heavy (non-hydrogen) atoms. The Morgan fingerprint density at radius 1 is 1.15 bits per heavy atom. The summed E-state index contributed by atoms with van der Waals surface area (Å²) in [6.07, 6.45) is 6.20. The Hall–Kier alpha value is -2.36. The van der Waals surface area contributed by atoms with Crippen molar-refractivity contribution in [3.8, 4) is 0 Å². The van der Waals surface area contributed by atoms with Gasteiger partial charge in [0.25, 0.3) is 0 Å². The Labute approximate surface area is 117 Å². The molecule has 4 heteroatoms. The third kappa shape index (κ3) is 2.03. The number of para-hydroxylation sites is 1. The van der Waals surface area contributed by atoms with Crippen LogP contribution in [-0.2, 0) is 6.54 Å². The summed E-state index contributed by atoms with van der Waals surface area (Å²) in [5.74, 6) is 1.10. The van der Waals surface area contributed by atoms with Crippen LogP contribution in [0.25, 0.3) is 11.0 Å². The maximum absolute atomic E-state index is 4.73. The molecule has 1 saturated carbocycles. The van der Waals surface area contributed by atoms with Gasteiger partial charge in [0.1, 0.15) is 11.3 Å². The molecule has 1 aliphatic carbocycles. The van der Waals surface area contributed by atoms with Gasteiger partial charge in [0.15, 0.2) is 0 Å². The van der Waals surface area contributed by atoms with Gasteiger partial charge in [-0.1, -0.05) is 18.2 Å². The first-order valence-electron chi connectivity index (χ1n) is 7.01. The fraction of sp³-hybridized carbons (Fsp3) is 0.250. The number of hydrogen-bond donors (Lipinski definition) is 1. The van der Waals surface area contributed by atoms with Crippen molar-refractivity contribution in [2.75, 3.05) is 5.32 Å². The van der Waals surface area contributed by atoms with Crippen LogP contribution in [0.5, 0.6) is 0 Å². The Bertz CT molecular complexity index is 729. The van der Waals surface area contributed by atoms with Crippen molar-refractivity contribution >= 4 is 16.7 Å². The topological polar surface area (TPSA) is 42.7 Å². The molecule has 100 valence electrons. The van der Waals surface area contributed by atoms with Crippen LogP contribution in [0.3, 0.4) is 0 Å². The predicted octanol–water partition coefficient (Wildman–Crippen LogP) is 3.38. The van der Waals surface area contributed by atoms with E-state index in [1.807, 2.05) is 30.6 Å². The molecule has 0 saturated heterocycles. The molecule has 4 nitrogen and oxygen atoms in total. The summed E-state index contributed by atoms with van der Waals surface area (Å²) in [6, 6.07) is 12.9. The number of imidazole rings is 1. The van der Waals surface area contributed by atoms with E-state index in [4.69, 9.17) is 4.98 Å². The van der Waals surface area contributed by atoms with E-state index in [0.29, 0.717) is 6.04 Å². The molecule has 0 amide bonds. The van der Waals surface area contributed by atoms with E-state index < -0.39 is 0 Å². The van der Waals surface area contributed by atoms with Gasteiger partial charge in [0, 0.05) is 17.9 Å². The van der Waals surface area contributed by atoms with E-state index in [2.05, 4.69) is 33.1 Å². The van der Waals surface area contributed by atoms with E-state index >= 15 is 0 Å². The lowest BCUT2D eigenvalue weighted by atomic mass is 10.3. The first-order valence-corrected chi connectivity index (χ1v) is 7.01. The first kappa shape index (κ1) is 11.5. The number of hydrogen-bond acceptors (Lipinski definition) is 3. The van der Waals surface area contributed by atoms with E-state index in [0.717, 1.165) is 23.6 Å². The standard InChI is InChI=1S/C16H16N4/c1-2-4-12(5-3-1)18-11-16-19-14-10-17-9-8-15(14)20(16)13-6-7-13/h1-5,8-10,13,18H,6-7,11H2. The molecule has 1 N–H and O–H groups in total. The maximum atomic E-state index is 4.73. The van der Waals surface area contributed by atoms with Gasteiger partial charge < -0.3 is 9.88 Å². The SMILES string of the molecule is c1ccc(NCc2nc3cnccc3n2C2CC2)cc1. The van der Waals surface area contributed by atoms with Crippen LogP contribution >= 0.6 is 0 Å². The second-order valence-corrected chi connectivity index (χ2v) is 5.21. The number of anilines is 1. The molecule has 3 aromatic rings. The molecule has 0 bridgehead atoms. The largest absolute Gasteiger partial charge is 0.378 e. The second-order valence-electron chi connectivity index (χ2n) is 5.21.